The molecule has 1 fully saturated rings. The minimum Gasteiger partial charge on any atom is -0.391 e. The van der Waals surface area contributed by atoms with Gasteiger partial charge in [-0.25, -0.2) is 0 Å². The van der Waals surface area contributed by atoms with Crippen LogP contribution in [-0.2, 0) is 4.79 Å². The first-order chi connectivity index (χ1) is 8.52. The molecule has 0 radical (unpaired) electrons. The number of hydrogen-bond acceptors (Lipinski definition) is 2. The first-order valence-electron chi connectivity index (χ1n) is 7.14. The molecule has 1 unspecified atom stereocenters. The van der Waals surface area contributed by atoms with Crippen molar-refractivity contribution in [2.75, 3.05) is 0 Å². The van der Waals surface area contributed by atoms with E-state index >= 15 is 0 Å². The van der Waals surface area contributed by atoms with Gasteiger partial charge in [0.1, 0.15) is 0 Å². The van der Waals surface area contributed by atoms with Gasteiger partial charge in [0.05, 0.1) is 10.5 Å². The summed E-state index contributed by atoms with van der Waals surface area (Å²) < 4.78 is 0. The zero-order valence-corrected chi connectivity index (χ0v) is 12.4. The summed E-state index contributed by atoms with van der Waals surface area (Å²) in [5.41, 5.74) is 5.49. The van der Waals surface area contributed by atoms with Gasteiger partial charge in [-0.05, 0) is 19.3 Å². The fraction of sp³-hybridized carbons (Fsp3) is 0.857. The highest BCUT2D eigenvalue weighted by Gasteiger charge is 2.36. The van der Waals surface area contributed by atoms with Gasteiger partial charge in [0.25, 0.3) is 0 Å². The molecule has 3 nitrogen and oxygen atoms in total. The second-order valence-corrected chi connectivity index (χ2v) is 5.98. The SMILES string of the molecule is CCCC(C)C(=O)NC1(C(N)=S)CCCCCC1. The number of nitrogens with two attached hydrogens (primary N) is 1. The molecule has 1 atom stereocenters. The van der Waals surface area contributed by atoms with Crippen LogP contribution in [0, 0.1) is 5.92 Å². The van der Waals surface area contributed by atoms with Crippen LogP contribution in [0.4, 0.5) is 0 Å². The topological polar surface area (TPSA) is 55.1 Å². The monoisotopic (exact) mass is 270 g/mol. The molecule has 4 heteroatoms. The Morgan fingerprint density at radius 2 is 1.89 bits per heavy atom. The number of nitrogens with one attached hydrogen (secondary N) is 1. The zero-order valence-electron chi connectivity index (χ0n) is 11.6. The number of amides is 1. The summed E-state index contributed by atoms with van der Waals surface area (Å²) in [6.45, 7) is 4.07. The third-order valence-electron chi connectivity index (χ3n) is 3.96. The van der Waals surface area contributed by atoms with Gasteiger partial charge in [-0.15, -0.1) is 0 Å². The lowest BCUT2D eigenvalue weighted by atomic mass is 9.89. The fourth-order valence-electron chi connectivity index (χ4n) is 2.69. The van der Waals surface area contributed by atoms with Crippen molar-refractivity contribution >= 4 is 23.1 Å². The number of carbonyl (C=O) groups excluding carboxylic acids is 1. The van der Waals surface area contributed by atoms with Crippen molar-refractivity contribution < 1.29 is 4.79 Å². The number of carbonyl (C=O) groups is 1. The predicted octanol–water partition coefficient (Wildman–Crippen LogP) is 2.92. The summed E-state index contributed by atoms with van der Waals surface area (Å²) in [4.78, 5) is 12.7. The molecule has 18 heavy (non-hydrogen) atoms. The minimum atomic E-state index is -0.426. The molecule has 1 aliphatic rings. The highest BCUT2D eigenvalue weighted by atomic mass is 32.1. The number of rotatable bonds is 5. The molecular formula is C14H26N2OS. The Kier molecular flexibility index (Phi) is 6.06. The van der Waals surface area contributed by atoms with E-state index in [0.717, 1.165) is 38.5 Å². The van der Waals surface area contributed by atoms with Crippen molar-refractivity contribution in [3.63, 3.8) is 0 Å². The van der Waals surface area contributed by atoms with Gasteiger partial charge in [0.15, 0.2) is 0 Å². The molecule has 3 N–H and O–H groups in total. The van der Waals surface area contributed by atoms with Crippen LogP contribution >= 0.6 is 12.2 Å². The Morgan fingerprint density at radius 1 is 1.33 bits per heavy atom. The van der Waals surface area contributed by atoms with Gasteiger partial charge in [-0.1, -0.05) is 58.2 Å². The van der Waals surface area contributed by atoms with Crippen LogP contribution in [0.15, 0.2) is 0 Å². The summed E-state index contributed by atoms with van der Waals surface area (Å²) in [5, 5.41) is 3.15. The van der Waals surface area contributed by atoms with Gasteiger partial charge in [-0.3, -0.25) is 4.79 Å². The summed E-state index contributed by atoms with van der Waals surface area (Å²) in [6, 6.07) is 0. The van der Waals surface area contributed by atoms with Crippen LogP contribution < -0.4 is 11.1 Å². The van der Waals surface area contributed by atoms with E-state index < -0.39 is 5.54 Å². The molecule has 1 amide bonds. The lowest BCUT2D eigenvalue weighted by Gasteiger charge is -2.34. The summed E-state index contributed by atoms with van der Waals surface area (Å²) in [7, 11) is 0. The van der Waals surface area contributed by atoms with Crippen LogP contribution in [0.5, 0.6) is 0 Å². The number of thiocarbonyl (C=S) groups is 1. The van der Waals surface area contributed by atoms with Crippen LogP contribution in [-0.4, -0.2) is 16.4 Å². The van der Waals surface area contributed by atoms with Crippen molar-refractivity contribution in [1.29, 1.82) is 0 Å². The van der Waals surface area contributed by atoms with Crippen molar-refractivity contribution in [3.05, 3.63) is 0 Å². The van der Waals surface area contributed by atoms with E-state index in [2.05, 4.69) is 12.2 Å². The Hall–Kier alpha value is -0.640. The summed E-state index contributed by atoms with van der Waals surface area (Å²) in [6.07, 6.45) is 8.35. The molecule has 0 spiro atoms. The molecule has 0 aromatic carbocycles. The first kappa shape index (κ1) is 15.4. The van der Waals surface area contributed by atoms with E-state index in [1.807, 2.05) is 6.92 Å². The van der Waals surface area contributed by atoms with Gasteiger partial charge >= 0.3 is 0 Å². The first-order valence-corrected chi connectivity index (χ1v) is 7.54. The molecule has 0 aliphatic heterocycles. The van der Waals surface area contributed by atoms with Crippen LogP contribution in [0.3, 0.4) is 0 Å². The van der Waals surface area contributed by atoms with Gasteiger partial charge in [0, 0.05) is 5.92 Å². The Labute approximate surface area is 116 Å². The second kappa shape index (κ2) is 7.07. The highest BCUT2D eigenvalue weighted by Crippen LogP contribution is 2.28. The average Bonchev–Trinajstić information content (AvgIpc) is 2.56. The van der Waals surface area contributed by atoms with E-state index in [9.17, 15) is 4.79 Å². The molecule has 0 heterocycles. The summed E-state index contributed by atoms with van der Waals surface area (Å²) >= 11 is 5.22. The van der Waals surface area contributed by atoms with E-state index in [1.54, 1.807) is 0 Å². The molecular weight excluding hydrogens is 244 g/mol. The van der Waals surface area contributed by atoms with Crippen LogP contribution in [0.1, 0.15) is 65.2 Å². The van der Waals surface area contributed by atoms with Crippen LogP contribution in [0.25, 0.3) is 0 Å². The summed E-state index contributed by atoms with van der Waals surface area (Å²) in [5.74, 6) is 0.149. The standard InChI is InChI=1S/C14H26N2OS/c1-3-8-11(2)12(17)16-14(13(15)18)9-6-4-5-7-10-14/h11H,3-10H2,1-2H3,(H2,15,18)(H,16,17). The predicted molar refractivity (Wildman–Crippen MR) is 79.4 cm³/mol. The molecule has 1 saturated carbocycles. The van der Waals surface area contributed by atoms with Gasteiger partial charge in [-0.2, -0.15) is 0 Å². The molecule has 0 saturated heterocycles. The third-order valence-corrected chi connectivity index (χ3v) is 4.35. The third kappa shape index (κ3) is 3.94. The maximum atomic E-state index is 12.2. The van der Waals surface area contributed by atoms with Crippen LogP contribution in [0.2, 0.25) is 0 Å². The lowest BCUT2D eigenvalue weighted by Crippen LogP contribution is -2.57. The largest absolute Gasteiger partial charge is 0.391 e. The van der Waals surface area contributed by atoms with Gasteiger partial charge < -0.3 is 11.1 Å². The Morgan fingerprint density at radius 3 is 2.33 bits per heavy atom. The second-order valence-electron chi connectivity index (χ2n) is 5.54. The minimum absolute atomic E-state index is 0.0458. The quantitative estimate of drug-likeness (QED) is 0.596. The smallest absolute Gasteiger partial charge is 0.223 e. The van der Waals surface area contributed by atoms with Crippen molar-refractivity contribution in [1.82, 2.24) is 5.32 Å². The van der Waals surface area contributed by atoms with E-state index in [-0.39, 0.29) is 11.8 Å². The molecule has 0 aromatic rings. The Bertz CT molecular complexity index is 296. The molecule has 1 aliphatic carbocycles. The van der Waals surface area contributed by atoms with E-state index in [0.29, 0.717) is 4.99 Å². The van der Waals surface area contributed by atoms with Crippen molar-refractivity contribution in [2.45, 2.75) is 70.8 Å². The normalized spacial score (nSPS) is 20.8. The fourth-order valence-corrected chi connectivity index (χ4v) is 2.94. The molecule has 1 rings (SSSR count). The Balaban J connectivity index is 2.72. The maximum absolute atomic E-state index is 12.2. The molecule has 104 valence electrons. The van der Waals surface area contributed by atoms with E-state index in [4.69, 9.17) is 18.0 Å². The van der Waals surface area contributed by atoms with Gasteiger partial charge in [0.2, 0.25) is 5.91 Å². The average molecular weight is 270 g/mol. The number of hydrogen-bond donors (Lipinski definition) is 2. The highest BCUT2D eigenvalue weighted by molar-refractivity contribution is 7.80. The zero-order chi connectivity index (χ0) is 13.6. The molecule has 0 aromatic heterocycles. The van der Waals surface area contributed by atoms with E-state index in [1.165, 1.54) is 12.8 Å². The van der Waals surface area contributed by atoms with Crippen molar-refractivity contribution in [2.24, 2.45) is 11.7 Å². The maximum Gasteiger partial charge on any atom is 0.223 e. The molecule has 0 bridgehead atoms. The van der Waals surface area contributed by atoms with Crippen molar-refractivity contribution in [3.8, 4) is 0 Å². The lowest BCUT2D eigenvalue weighted by molar-refractivity contribution is -0.126.